The van der Waals surface area contributed by atoms with Gasteiger partial charge in [0, 0.05) is 6.20 Å². The van der Waals surface area contributed by atoms with Crippen LogP contribution in [-0.2, 0) is 25.6 Å². The van der Waals surface area contributed by atoms with Gasteiger partial charge in [-0.15, -0.1) is 11.3 Å². The van der Waals surface area contributed by atoms with Crippen LogP contribution in [0.25, 0.3) is 10.6 Å². The number of hydroxylamine groups is 1. The molecule has 160 valence electrons. The highest BCUT2D eigenvalue weighted by atomic mass is 32.2. The number of rotatable bonds is 11. The lowest BCUT2D eigenvalue weighted by molar-refractivity contribution is -0.128. The molecule has 2 aromatic heterocycles. The van der Waals surface area contributed by atoms with E-state index in [4.69, 9.17) is 10.4 Å². The molecule has 29 heavy (non-hydrogen) atoms. The summed E-state index contributed by atoms with van der Waals surface area (Å²) in [6.07, 6.45) is 5.18. The average Bonchev–Trinajstić information content (AvgIpc) is 3.20. The van der Waals surface area contributed by atoms with Gasteiger partial charge in [-0.2, -0.15) is 0 Å². The van der Waals surface area contributed by atoms with Crippen LogP contribution in [0.1, 0.15) is 39.0 Å². The quantitative estimate of drug-likeness (QED) is 0.228. The van der Waals surface area contributed by atoms with Crippen LogP contribution < -0.4 is 10.4 Å². The lowest BCUT2D eigenvalue weighted by atomic mass is 10.1. The first kappa shape index (κ1) is 23.6. The summed E-state index contributed by atoms with van der Waals surface area (Å²) in [5.74, 6) is -0.803. The molecule has 0 saturated heterocycles. The van der Waals surface area contributed by atoms with Gasteiger partial charge in [0.1, 0.15) is 9.46 Å². The fourth-order valence-electron chi connectivity index (χ4n) is 2.67. The van der Waals surface area contributed by atoms with Crippen LogP contribution in [0.5, 0.6) is 0 Å². The van der Waals surface area contributed by atoms with Crippen LogP contribution in [0.2, 0.25) is 0 Å². The highest BCUT2D eigenvalue weighted by Crippen LogP contribution is 2.37. The number of carbonyl (C=O) groups excluding carboxylic acids is 1. The van der Waals surface area contributed by atoms with E-state index in [2.05, 4.69) is 4.98 Å². The molecule has 4 N–H and O–H groups in total. The smallest absolute Gasteiger partial charge is 0.271 e. The number of hydrogen-bond acceptors (Lipinski definition) is 8. The van der Waals surface area contributed by atoms with Gasteiger partial charge in [-0.3, -0.25) is 19.2 Å². The standard InChI is InChI=1S/C17H23N3O6S3/c1-2-3-4-5-9-13(17(21)19-22)28(24)14-11-15(29(25,26)20-23)27-16(14)12-8-6-7-10-18-12/h6-8,10-11,13,20,22-23H,2-5,9H2,1H3,(H,19,21). The predicted octanol–water partition coefficient (Wildman–Crippen LogP) is 2.43. The number of hydrogen-bond donors (Lipinski definition) is 4. The van der Waals surface area contributed by atoms with Crippen molar-refractivity contribution in [2.45, 2.75) is 53.4 Å². The van der Waals surface area contributed by atoms with Gasteiger partial charge < -0.3 is 5.21 Å². The number of sulfonamides is 1. The minimum atomic E-state index is -4.21. The first-order valence-electron chi connectivity index (χ1n) is 8.91. The van der Waals surface area contributed by atoms with Crippen molar-refractivity contribution in [3.8, 4) is 10.6 Å². The summed E-state index contributed by atoms with van der Waals surface area (Å²) in [4.78, 5) is 18.0. The maximum atomic E-state index is 13.3. The lowest BCUT2D eigenvalue weighted by Crippen LogP contribution is -2.35. The molecule has 0 aliphatic carbocycles. The SMILES string of the molecule is CCCCCCC(C(=O)NO)S(=O)c1cc(S(=O)(=O)NO)sc1-c1ccccn1. The number of aromatic nitrogens is 1. The van der Waals surface area contributed by atoms with E-state index in [-0.39, 0.29) is 15.5 Å². The van der Waals surface area contributed by atoms with Crippen LogP contribution in [0.3, 0.4) is 0 Å². The number of carbonyl (C=O) groups is 1. The molecule has 0 fully saturated rings. The summed E-state index contributed by atoms with van der Waals surface area (Å²) < 4.78 is 37.1. The summed E-state index contributed by atoms with van der Waals surface area (Å²) >= 11 is 0.781. The zero-order valence-electron chi connectivity index (χ0n) is 15.7. The van der Waals surface area contributed by atoms with Crippen LogP contribution in [0, 0.1) is 0 Å². The lowest BCUT2D eigenvalue weighted by Gasteiger charge is -2.15. The van der Waals surface area contributed by atoms with E-state index in [0.29, 0.717) is 17.0 Å². The second kappa shape index (κ2) is 10.9. The third-order valence-electron chi connectivity index (χ3n) is 4.16. The van der Waals surface area contributed by atoms with Crippen LogP contribution >= 0.6 is 11.3 Å². The molecule has 0 bridgehead atoms. The van der Waals surface area contributed by atoms with Crippen LogP contribution in [0.4, 0.5) is 0 Å². The average molecular weight is 462 g/mol. The highest BCUT2D eigenvalue weighted by molar-refractivity contribution is 7.91. The Balaban J connectivity index is 2.48. The van der Waals surface area contributed by atoms with E-state index in [9.17, 15) is 17.4 Å². The Kier molecular flexibility index (Phi) is 8.86. The van der Waals surface area contributed by atoms with Gasteiger partial charge in [0.25, 0.3) is 15.9 Å². The Morgan fingerprint density at radius 3 is 2.62 bits per heavy atom. The first-order valence-corrected chi connectivity index (χ1v) is 12.4. The Bertz CT molecular complexity index is 947. The van der Waals surface area contributed by atoms with Gasteiger partial charge in [0.2, 0.25) is 0 Å². The Morgan fingerprint density at radius 1 is 1.28 bits per heavy atom. The minimum Gasteiger partial charge on any atom is -0.302 e. The van der Waals surface area contributed by atoms with Gasteiger partial charge >= 0.3 is 0 Å². The van der Waals surface area contributed by atoms with E-state index < -0.39 is 32.0 Å². The maximum absolute atomic E-state index is 13.3. The monoisotopic (exact) mass is 461 g/mol. The summed E-state index contributed by atoms with van der Waals surface area (Å²) in [5.41, 5.74) is 1.93. The molecule has 0 aliphatic rings. The Morgan fingerprint density at radius 2 is 2.03 bits per heavy atom. The summed E-state index contributed by atoms with van der Waals surface area (Å²) in [5, 5.41) is 17.0. The zero-order valence-corrected chi connectivity index (χ0v) is 18.1. The van der Waals surface area contributed by atoms with Crippen molar-refractivity contribution in [2.75, 3.05) is 0 Å². The number of thiophene rings is 1. The number of amides is 1. The van der Waals surface area contributed by atoms with E-state index >= 15 is 0 Å². The van der Waals surface area contributed by atoms with Crippen LogP contribution in [-0.4, -0.2) is 39.2 Å². The predicted molar refractivity (Wildman–Crippen MR) is 109 cm³/mol. The van der Waals surface area contributed by atoms with E-state index in [1.165, 1.54) is 11.1 Å². The van der Waals surface area contributed by atoms with Crippen molar-refractivity contribution in [3.63, 3.8) is 0 Å². The molecule has 2 heterocycles. The highest BCUT2D eigenvalue weighted by Gasteiger charge is 2.31. The first-order chi connectivity index (χ1) is 13.9. The molecule has 0 aliphatic heterocycles. The maximum Gasteiger partial charge on any atom is 0.271 e. The van der Waals surface area contributed by atoms with Gasteiger partial charge in [-0.1, -0.05) is 43.6 Å². The second-order valence-corrected chi connectivity index (χ2v) is 10.7. The molecule has 0 spiro atoms. The normalized spacial score (nSPS) is 13.8. The molecule has 0 aromatic carbocycles. The molecule has 2 rings (SSSR count). The largest absolute Gasteiger partial charge is 0.302 e. The molecule has 1 amide bonds. The van der Waals surface area contributed by atoms with Crippen molar-refractivity contribution >= 4 is 38.1 Å². The number of nitrogens with zero attached hydrogens (tertiary/aromatic N) is 1. The van der Waals surface area contributed by atoms with E-state index in [0.717, 1.165) is 36.7 Å². The minimum absolute atomic E-state index is 0.103. The Labute approximate surface area is 175 Å². The third kappa shape index (κ3) is 5.90. The fraction of sp³-hybridized carbons (Fsp3) is 0.412. The molecule has 0 saturated carbocycles. The molecule has 2 aromatic rings. The number of nitrogens with one attached hydrogen (secondary N) is 2. The second-order valence-electron chi connectivity index (χ2n) is 6.18. The summed E-state index contributed by atoms with van der Waals surface area (Å²) in [6.45, 7) is 2.04. The Hall–Kier alpha value is -1.70. The van der Waals surface area contributed by atoms with E-state index in [1.807, 2.05) is 6.92 Å². The molecular weight excluding hydrogens is 438 g/mol. The van der Waals surface area contributed by atoms with Gasteiger partial charge in [0.15, 0.2) is 0 Å². The summed E-state index contributed by atoms with van der Waals surface area (Å²) in [6, 6.07) is 6.15. The zero-order chi connectivity index (χ0) is 21.4. The molecule has 0 radical (unpaired) electrons. The molecule has 9 nitrogen and oxygen atoms in total. The van der Waals surface area contributed by atoms with Crippen LogP contribution in [0.15, 0.2) is 39.6 Å². The molecular formula is C17H23N3O6S3. The fourth-order valence-corrected chi connectivity index (χ4v) is 6.58. The molecule has 2 unspecified atom stereocenters. The number of pyridine rings is 1. The van der Waals surface area contributed by atoms with Gasteiger partial charge in [-0.05, 0) is 24.6 Å². The molecule has 2 atom stereocenters. The van der Waals surface area contributed by atoms with Crippen molar-refractivity contribution in [1.29, 1.82) is 0 Å². The van der Waals surface area contributed by atoms with Crippen molar-refractivity contribution in [3.05, 3.63) is 30.5 Å². The third-order valence-corrected chi connectivity index (χ3v) is 8.76. The van der Waals surface area contributed by atoms with E-state index in [1.54, 1.807) is 23.7 Å². The van der Waals surface area contributed by atoms with Crippen molar-refractivity contribution in [1.82, 2.24) is 15.3 Å². The van der Waals surface area contributed by atoms with Crippen molar-refractivity contribution in [2.24, 2.45) is 0 Å². The van der Waals surface area contributed by atoms with Gasteiger partial charge in [0.05, 0.1) is 26.3 Å². The number of unbranched alkanes of at least 4 members (excludes halogenated alkanes) is 3. The van der Waals surface area contributed by atoms with Gasteiger partial charge in [-0.25, -0.2) is 13.9 Å². The van der Waals surface area contributed by atoms with Crippen molar-refractivity contribution < 1.29 is 27.8 Å². The molecule has 12 heteroatoms. The summed E-state index contributed by atoms with van der Waals surface area (Å²) in [7, 11) is -6.17. The topological polar surface area (TPSA) is 146 Å².